The molecule has 2 aromatic carbocycles. The van der Waals surface area contributed by atoms with Gasteiger partial charge in [-0.05, 0) is 36.2 Å². The number of para-hydroxylation sites is 1. The van der Waals surface area contributed by atoms with Gasteiger partial charge < -0.3 is 20.1 Å². The molecule has 0 fully saturated rings. The molecule has 0 radical (unpaired) electrons. The number of amides is 2. The summed E-state index contributed by atoms with van der Waals surface area (Å²) in [5.41, 5.74) is 1.98. The molecule has 0 heterocycles. The van der Waals surface area contributed by atoms with E-state index in [1.807, 2.05) is 24.3 Å². The van der Waals surface area contributed by atoms with Gasteiger partial charge >= 0.3 is 0 Å². The first-order chi connectivity index (χ1) is 12.6. The van der Waals surface area contributed by atoms with Crippen molar-refractivity contribution in [3.05, 3.63) is 59.7 Å². The molecule has 2 rings (SSSR count). The van der Waals surface area contributed by atoms with Crippen LogP contribution in [0.4, 0.5) is 5.69 Å². The predicted molar refractivity (Wildman–Crippen MR) is 101 cm³/mol. The lowest BCUT2D eigenvalue weighted by atomic mass is 10.1. The second kappa shape index (κ2) is 10.2. The van der Waals surface area contributed by atoms with E-state index in [2.05, 4.69) is 17.6 Å². The van der Waals surface area contributed by atoms with Crippen LogP contribution >= 0.6 is 0 Å². The first-order valence-corrected chi connectivity index (χ1v) is 8.51. The Morgan fingerprint density at radius 3 is 2.65 bits per heavy atom. The fourth-order valence-corrected chi connectivity index (χ4v) is 2.34. The average Bonchev–Trinajstić information content (AvgIpc) is 2.67. The minimum atomic E-state index is -0.330. The maximum atomic E-state index is 12.2. The van der Waals surface area contributed by atoms with Crippen LogP contribution in [0.25, 0.3) is 0 Å². The van der Waals surface area contributed by atoms with Gasteiger partial charge in [-0.25, -0.2) is 0 Å². The normalized spacial score (nSPS) is 10.2. The van der Waals surface area contributed by atoms with Gasteiger partial charge in [0.25, 0.3) is 11.8 Å². The molecule has 2 N–H and O–H groups in total. The molecule has 6 nitrogen and oxygen atoms in total. The Kier molecular flexibility index (Phi) is 7.64. The fraction of sp³-hybridized carbons (Fsp3) is 0.300. The molecule has 0 spiro atoms. The van der Waals surface area contributed by atoms with Gasteiger partial charge in [0.15, 0.2) is 6.61 Å². The van der Waals surface area contributed by atoms with E-state index in [9.17, 15) is 9.59 Å². The molecule has 0 bridgehead atoms. The lowest BCUT2D eigenvalue weighted by Crippen LogP contribution is -2.28. The monoisotopic (exact) mass is 356 g/mol. The number of ether oxygens (including phenoxy) is 2. The van der Waals surface area contributed by atoms with E-state index in [0.717, 1.165) is 12.0 Å². The van der Waals surface area contributed by atoms with E-state index in [4.69, 9.17) is 9.47 Å². The molecule has 0 atom stereocenters. The first kappa shape index (κ1) is 19.5. The summed E-state index contributed by atoms with van der Waals surface area (Å²) in [5, 5.41) is 5.46. The molecule has 0 saturated heterocycles. The third kappa shape index (κ3) is 5.89. The fourth-order valence-electron chi connectivity index (χ4n) is 2.34. The van der Waals surface area contributed by atoms with Crippen LogP contribution in [0.1, 0.15) is 22.8 Å². The van der Waals surface area contributed by atoms with Gasteiger partial charge in [-0.2, -0.15) is 0 Å². The summed E-state index contributed by atoms with van der Waals surface area (Å²) >= 11 is 0. The Morgan fingerprint density at radius 1 is 1.08 bits per heavy atom. The highest BCUT2D eigenvalue weighted by molar-refractivity contribution is 6.04. The van der Waals surface area contributed by atoms with E-state index in [0.29, 0.717) is 30.2 Å². The number of carbonyl (C=O) groups is 2. The van der Waals surface area contributed by atoms with E-state index in [1.54, 1.807) is 31.4 Å². The topological polar surface area (TPSA) is 76.7 Å². The van der Waals surface area contributed by atoms with Crippen LogP contribution in [0.2, 0.25) is 0 Å². The molecule has 138 valence electrons. The number of aryl methyl sites for hydroxylation is 1. The molecule has 6 heteroatoms. The summed E-state index contributed by atoms with van der Waals surface area (Å²) in [6, 6.07) is 14.5. The standard InChI is InChI=1S/C20H24N2O4/c1-3-15-7-6-8-16(13-15)26-14-19(23)22-18-10-5-4-9-17(18)20(24)21-11-12-25-2/h4-10,13H,3,11-12,14H2,1-2H3,(H,21,24)(H,22,23). The van der Waals surface area contributed by atoms with Crippen molar-refractivity contribution in [1.82, 2.24) is 5.32 Å². The molecule has 2 aromatic rings. The zero-order valence-corrected chi connectivity index (χ0v) is 15.1. The summed E-state index contributed by atoms with van der Waals surface area (Å²) in [6.07, 6.45) is 0.898. The van der Waals surface area contributed by atoms with Crippen molar-refractivity contribution in [3.8, 4) is 5.75 Å². The second-order valence-corrected chi connectivity index (χ2v) is 5.63. The van der Waals surface area contributed by atoms with Gasteiger partial charge in [0, 0.05) is 13.7 Å². The van der Waals surface area contributed by atoms with Crippen molar-refractivity contribution in [2.75, 3.05) is 32.2 Å². The third-order valence-corrected chi connectivity index (χ3v) is 3.71. The van der Waals surface area contributed by atoms with Crippen LogP contribution in [0.5, 0.6) is 5.75 Å². The van der Waals surface area contributed by atoms with E-state index in [-0.39, 0.29) is 18.4 Å². The van der Waals surface area contributed by atoms with Gasteiger partial charge in [0.1, 0.15) is 5.75 Å². The van der Waals surface area contributed by atoms with Crippen LogP contribution in [0.3, 0.4) is 0 Å². The summed E-state index contributed by atoms with van der Waals surface area (Å²) in [7, 11) is 1.57. The van der Waals surface area contributed by atoms with Crippen LogP contribution in [-0.2, 0) is 16.0 Å². The number of hydrogen-bond acceptors (Lipinski definition) is 4. The Hall–Kier alpha value is -2.86. The summed E-state index contributed by atoms with van der Waals surface area (Å²) in [6.45, 7) is 2.74. The van der Waals surface area contributed by atoms with Crippen molar-refractivity contribution in [2.45, 2.75) is 13.3 Å². The second-order valence-electron chi connectivity index (χ2n) is 5.63. The smallest absolute Gasteiger partial charge is 0.262 e. The van der Waals surface area contributed by atoms with E-state index >= 15 is 0 Å². The quantitative estimate of drug-likeness (QED) is 0.677. The molecule has 0 aliphatic heterocycles. The average molecular weight is 356 g/mol. The molecule has 0 aromatic heterocycles. The van der Waals surface area contributed by atoms with Crippen LogP contribution in [0.15, 0.2) is 48.5 Å². The molecular weight excluding hydrogens is 332 g/mol. The van der Waals surface area contributed by atoms with Gasteiger partial charge in [-0.1, -0.05) is 31.2 Å². The number of hydrogen-bond donors (Lipinski definition) is 2. The minimum absolute atomic E-state index is 0.132. The zero-order chi connectivity index (χ0) is 18.8. The Morgan fingerprint density at radius 2 is 1.88 bits per heavy atom. The lowest BCUT2D eigenvalue weighted by molar-refractivity contribution is -0.118. The molecule has 26 heavy (non-hydrogen) atoms. The third-order valence-electron chi connectivity index (χ3n) is 3.71. The van der Waals surface area contributed by atoms with Crippen LogP contribution in [0, 0.1) is 0 Å². The highest BCUT2D eigenvalue weighted by atomic mass is 16.5. The van der Waals surface area contributed by atoms with Crippen LogP contribution < -0.4 is 15.4 Å². The summed E-state index contributed by atoms with van der Waals surface area (Å²) < 4.78 is 10.4. The maximum absolute atomic E-state index is 12.2. The SMILES string of the molecule is CCc1cccc(OCC(=O)Nc2ccccc2C(=O)NCCOC)c1. The number of benzene rings is 2. The van der Waals surface area contributed by atoms with Crippen molar-refractivity contribution >= 4 is 17.5 Å². The minimum Gasteiger partial charge on any atom is -0.484 e. The number of anilines is 1. The van der Waals surface area contributed by atoms with Gasteiger partial charge in [0.2, 0.25) is 0 Å². The van der Waals surface area contributed by atoms with Crippen molar-refractivity contribution < 1.29 is 19.1 Å². The van der Waals surface area contributed by atoms with E-state index in [1.165, 1.54) is 0 Å². The number of rotatable bonds is 9. The molecule has 2 amide bonds. The van der Waals surface area contributed by atoms with Gasteiger partial charge in [-0.3, -0.25) is 9.59 Å². The van der Waals surface area contributed by atoms with Crippen molar-refractivity contribution in [3.63, 3.8) is 0 Å². The van der Waals surface area contributed by atoms with Crippen molar-refractivity contribution in [2.24, 2.45) is 0 Å². The highest BCUT2D eigenvalue weighted by Gasteiger charge is 2.13. The molecule has 0 aliphatic rings. The predicted octanol–water partition coefficient (Wildman–Crippen LogP) is 2.64. The number of nitrogens with one attached hydrogen (secondary N) is 2. The summed E-state index contributed by atoms with van der Waals surface area (Å²) in [4.78, 5) is 24.4. The number of carbonyl (C=O) groups excluding carboxylic acids is 2. The maximum Gasteiger partial charge on any atom is 0.262 e. The molecular formula is C20H24N2O4. The Balaban J connectivity index is 1.95. The Bertz CT molecular complexity index is 746. The first-order valence-electron chi connectivity index (χ1n) is 8.51. The highest BCUT2D eigenvalue weighted by Crippen LogP contribution is 2.16. The van der Waals surface area contributed by atoms with Gasteiger partial charge in [0.05, 0.1) is 17.9 Å². The number of methoxy groups -OCH3 is 1. The largest absolute Gasteiger partial charge is 0.484 e. The zero-order valence-electron chi connectivity index (χ0n) is 15.1. The molecule has 0 saturated carbocycles. The van der Waals surface area contributed by atoms with Crippen molar-refractivity contribution in [1.29, 1.82) is 0 Å². The molecule has 0 unspecified atom stereocenters. The lowest BCUT2D eigenvalue weighted by Gasteiger charge is -2.12. The Labute approximate surface area is 153 Å². The summed E-state index contributed by atoms with van der Waals surface area (Å²) in [5.74, 6) is 0.0450. The van der Waals surface area contributed by atoms with Gasteiger partial charge in [-0.15, -0.1) is 0 Å². The molecule has 0 aliphatic carbocycles. The van der Waals surface area contributed by atoms with Crippen LogP contribution in [-0.4, -0.2) is 38.7 Å². The van der Waals surface area contributed by atoms with E-state index < -0.39 is 0 Å².